The maximum Gasteiger partial charge on any atom is 0.363 e. The van der Waals surface area contributed by atoms with E-state index >= 15 is 0 Å². The molecule has 0 saturated heterocycles. The number of nitrogens with zero attached hydrogens (tertiary/aromatic N) is 2. The molecular weight excluding hydrogens is 146 g/mol. The van der Waals surface area contributed by atoms with Crippen LogP contribution in [-0.2, 0) is 6.54 Å². The predicted molar refractivity (Wildman–Crippen MR) is 38.8 cm³/mol. The quantitative estimate of drug-likeness (QED) is 0.494. The first-order chi connectivity index (χ1) is 5.24. The lowest BCUT2D eigenvalue weighted by Gasteiger charge is -1.93. The largest absolute Gasteiger partial charge is 0.363 e. The van der Waals surface area contributed by atoms with Crippen LogP contribution in [-0.4, -0.2) is 9.91 Å². The SMILES string of the molecule is NCc1ccnc([N+](=O)[O-])c1. The second kappa shape index (κ2) is 3.07. The van der Waals surface area contributed by atoms with Crippen molar-refractivity contribution < 1.29 is 4.92 Å². The Kier molecular flexibility index (Phi) is 2.12. The molecule has 0 aliphatic heterocycles. The zero-order valence-electron chi connectivity index (χ0n) is 5.73. The average Bonchev–Trinajstić information content (AvgIpc) is 2.05. The normalized spacial score (nSPS) is 9.55. The molecule has 0 saturated carbocycles. The van der Waals surface area contributed by atoms with Gasteiger partial charge in [-0.3, -0.25) is 0 Å². The lowest BCUT2D eigenvalue weighted by molar-refractivity contribution is -0.389. The summed E-state index contributed by atoms with van der Waals surface area (Å²) in [5.74, 6) is -0.159. The summed E-state index contributed by atoms with van der Waals surface area (Å²) in [6, 6.07) is 3.01. The molecular formula is C6H7N3O2. The van der Waals surface area contributed by atoms with Gasteiger partial charge >= 0.3 is 5.82 Å². The minimum Gasteiger partial charge on any atom is -0.358 e. The standard InChI is InChI=1S/C6H7N3O2/c7-4-5-1-2-8-6(3-5)9(10)11/h1-3H,4,7H2. The lowest BCUT2D eigenvalue weighted by atomic mass is 10.3. The highest BCUT2D eigenvalue weighted by Crippen LogP contribution is 2.07. The maximum absolute atomic E-state index is 10.2. The third-order valence-electron chi connectivity index (χ3n) is 1.23. The van der Waals surface area contributed by atoms with E-state index in [1.165, 1.54) is 12.3 Å². The number of nitrogens with two attached hydrogens (primary N) is 1. The van der Waals surface area contributed by atoms with E-state index in [1.807, 2.05) is 0 Å². The van der Waals surface area contributed by atoms with Gasteiger partial charge in [-0.25, -0.2) is 0 Å². The number of pyridine rings is 1. The molecule has 5 heteroatoms. The van der Waals surface area contributed by atoms with E-state index < -0.39 is 4.92 Å². The highest BCUT2D eigenvalue weighted by Gasteiger charge is 2.05. The molecule has 1 heterocycles. The molecule has 0 aliphatic carbocycles. The molecule has 1 aromatic rings. The number of rotatable bonds is 2. The summed E-state index contributed by atoms with van der Waals surface area (Å²) >= 11 is 0. The Labute approximate surface area is 63.0 Å². The van der Waals surface area contributed by atoms with Gasteiger partial charge in [0.1, 0.15) is 6.20 Å². The lowest BCUT2D eigenvalue weighted by Crippen LogP contribution is -1.98. The fourth-order valence-corrected chi connectivity index (χ4v) is 0.687. The number of aromatic nitrogens is 1. The van der Waals surface area contributed by atoms with Crippen LogP contribution < -0.4 is 5.73 Å². The second-order valence-electron chi connectivity index (χ2n) is 1.98. The van der Waals surface area contributed by atoms with E-state index in [2.05, 4.69) is 4.98 Å². The monoisotopic (exact) mass is 153 g/mol. The van der Waals surface area contributed by atoms with Gasteiger partial charge in [-0.1, -0.05) is 0 Å². The molecule has 0 spiro atoms. The van der Waals surface area contributed by atoms with Crippen molar-refractivity contribution in [1.82, 2.24) is 4.98 Å². The van der Waals surface area contributed by atoms with E-state index in [1.54, 1.807) is 6.07 Å². The Hall–Kier alpha value is -1.49. The van der Waals surface area contributed by atoms with Crippen molar-refractivity contribution >= 4 is 5.82 Å². The molecule has 0 unspecified atom stereocenters. The molecule has 1 rings (SSSR count). The molecule has 0 aromatic carbocycles. The third kappa shape index (κ3) is 1.71. The van der Waals surface area contributed by atoms with E-state index in [-0.39, 0.29) is 5.82 Å². The summed E-state index contributed by atoms with van der Waals surface area (Å²) in [5.41, 5.74) is 5.98. The van der Waals surface area contributed by atoms with Crippen molar-refractivity contribution in [1.29, 1.82) is 0 Å². The van der Waals surface area contributed by atoms with Crippen LogP contribution in [0.25, 0.3) is 0 Å². The number of hydrogen-bond donors (Lipinski definition) is 1. The van der Waals surface area contributed by atoms with E-state index in [0.717, 1.165) is 0 Å². The third-order valence-corrected chi connectivity index (χ3v) is 1.23. The van der Waals surface area contributed by atoms with Crippen LogP contribution in [0.4, 0.5) is 5.82 Å². The molecule has 0 amide bonds. The summed E-state index contributed by atoms with van der Waals surface area (Å²) in [4.78, 5) is 13.2. The van der Waals surface area contributed by atoms with Crippen LogP contribution in [0, 0.1) is 10.1 Å². The highest BCUT2D eigenvalue weighted by atomic mass is 16.6. The van der Waals surface area contributed by atoms with Crippen molar-refractivity contribution in [3.63, 3.8) is 0 Å². The Morgan fingerprint density at radius 1 is 1.73 bits per heavy atom. The van der Waals surface area contributed by atoms with Crippen LogP contribution in [0.15, 0.2) is 18.3 Å². The molecule has 2 N–H and O–H groups in total. The number of nitro groups is 1. The van der Waals surface area contributed by atoms with Crippen LogP contribution in [0.1, 0.15) is 5.56 Å². The summed E-state index contributed by atoms with van der Waals surface area (Å²) in [7, 11) is 0. The molecule has 0 bridgehead atoms. The van der Waals surface area contributed by atoms with Gasteiger partial charge in [0, 0.05) is 12.6 Å². The van der Waals surface area contributed by atoms with Crippen LogP contribution >= 0.6 is 0 Å². The zero-order chi connectivity index (χ0) is 8.27. The summed E-state index contributed by atoms with van der Waals surface area (Å²) in [5, 5.41) is 10.2. The first-order valence-electron chi connectivity index (χ1n) is 3.03. The fourth-order valence-electron chi connectivity index (χ4n) is 0.687. The van der Waals surface area contributed by atoms with E-state index in [4.69, 9.17) is 5.73 Å². The molecule has 1 aromatic heterocycles. The van der Waals surface area contributed by atoms with Gasteiger partial charge in [-0.2, -0.15) is 0 Å². The first kappa shape index (κ1) is 7.62. The molecule has 0 radical (unpaired) electrons. The summed E-state index contributed by atoms with van der Waals surface area (Å²) in [6.07, 6.45) is 1.38. The molecule has 11 heavy (non-hydrogen) atoms. The highest BCUT2D eigenvalue weighted by molar-refractivity contribution is 5.25. The van der Waals surface area contributed by atoms with Crippen molar-refractivity contribution in [2.45, 2.75) is 6.54 Å². The fraction of sp³-hybridized carbons (Fsp3) is 0.167. The minimum atomic E-state index is -0.542. The van der Waals surface area contributed by atoms with Gasteiger partial charge in [0.2, 0.25) is 0 Å². The zero-order valence-corrected chi connectivity index (χ0v) is 5.73. The Balaban J connectivity index is 3.01. The van der Waals surface area contributed by atoms with Crippen molar-refractivity contribution in [2.24, 2.45) is 5.73 Å². The van der Waals surface area contributed by atoms with Crippen molar-refractivity contribution in [2.75, 3.05) is 0 Å². The van der Waals surface area contributed by atoms with Gasteiger partial charge in [0.05, 0.1) is 0 Å². The Morgan fingerprint density at radius 2 is 2.45 bits per heavy atom. The van der Waals surface area contributed by atoms with Gasteiger partial charge in [-0.05, 0) is 21.5 Å². The van der Waals surface area contributed by atoms with Gasteiger partial charge in [0.25, 0.3) is 0 Å². The van der Waals surface area contributed by atoms with Crippen LogP contribution in [0.5, 0.6) is 0 Å². The van der Waals surface area contributed by atoms with Crippen molar-refractivity contribution in [3.8, 4) is 0 Å². The minimum absolute atomic E-state index is 0.159. The first-order valence-corrected chi connectivity index (χ1v) is 3.03. The van der Waals surface area contributed by atoms with E-state index in [9.17, 15) is 10.1 Å². The summed E-state index contributed by atoms with van der Waals surface area (Å²) in [6.45, 7) is 0.295. The average molecular weight is 153 g/mol. The molecule has 58 valence electrons. The summed E-state index contributed by atoms with van der Waals surface area (Å²) < 4.78 is 0. The molecule has 0 atom stereocenters. The smallest absolute Gasteiger partial charge is 0.358 e. The van der Waals surface area contributed by atoms with Crippen LogP contribution in [0.3, 0.4) is 0 Å². The maximum atomic E-state index is 10.2. The molecule has 0 fully saturated rings. The Morgan fingerprint density at radius 3 is 3.00 bits per heavy atom. The van der Waals surface area contributed by atoms with Gasteiger partial charge in [-0.15, -0.1) is 0 Å². The second-order valence-corrected chi connectivity index (χ2v) is 1.98. The van der Waals surface area contributed by atoms with Gasteiger partial charge in [0.15, 0.2) is 0 Å². The molecule has 0 aliphatic rings. The van der Waals surface area contributed by atoms with Crippen LogP contribution in [0.2, 0.25) is 0 Å². The predicted octanol–water partition coefficient (Wildman–Crippen LogP) is 0.449. The van der Waals surface area contributed by atoms with Gasteiger partial charge < -0.3 is 15.8 Å². The molecule has 5 nitrogen and oxygen atoms in total. The topological polar surface area (TPSA) is 82.0 Å². The Bertz CT molecular complexity index is 274. The van der Waals surface area contributed by atoms with Crippen molar-refractivity contribution in [3.05, 3.63) is 34.0 Å². The van der Waals surface area contributed by atoms with E-state index in [0.29, 0.717) is 12.1 Å². The number of hydrogen-bond acceptors (Lipinski definition) is 4.